The highest BCUT2D eigenvalue weighted by Gasteiger charge is 2.28. The van der Waals surface area contributed by atoms with Crippen molar-refractivity contribution in [2.24, 2.45) is 0 Å². The number of esters is 1. The van der Waals surface area contributed by atoms with Crippen LogP contribution in [0.25, 0.3) is 0 Å². The summed E-state index contributed by atoms with van der Waals surface area (Å²) in [7, 11) is 2.61. The molecule has 0 aliphatic carbocycles. The zero-order chi connectivity index (χ0) is 21.4. The fourth-order valence-electron chi connectivity index (χ4n) is 2.02. The van der Waals surface area contributed by atoms with E-state index in [2.05, 4.69) is 19.8 Å². The number of aromatic nitrogens is 1. The monoisotopic (exact) mass is 414 g/mol. The Kier molecular flexibility index (Phi) is 7.23. The molecule has 1 N–H and O–H groups in total. The van der Waals surface area contributed by atoms with Crippen molar-refractivity contribution in [2.75, 3.05) is 32.8 Å². The zero-order valence-electron chi connectivity index (χ0n) is 15.4. The highest BCUT2D eigenvalue weighted by molar-refractivity contribution is 6.04. The molecule has 29 heavy (non-hydrogen) atoms. The van der Waals surface area contributed by atoms with E-state index in [-0.39, 0.29) is 29.5 Å². The molecule has 0 spiro atoms. The Hall–Kier alpha value is -3.50. The van der Waals surface area contributed by atoms with Gasteiger partial charge in [-0.2, -0.15) is 13.2 Å². The van der Waals surface area contributed by atoms with Crippen molar-refractivity contribution in [2.45, 2.75) is 6.18 Å². The Labute approximate surface area is 163 Å². The van der Waals surface area contributed by atoms with E-state index in [0.717, 1.165) is 6.20 Å². The van der Waals surface area contributed by atoms with Crippen LogP contribution >= 0.6 is 0 Å². The molecule has 0 radical (unpaired) electrons. The third-order valence-corrected chi connectivity index (χ3v) is 3.38. The Balaban J connectivity index is 2.05. The Morgan fingerprint density at radius 2 is 1.83 bits per heavy atom. The summed E-state index contributed by atoms with van der Waals surface area (Å²) in [6.45, 7) is -1.84. The van der Waals surface area contributed by atoms with Gasteiger partial charge in [0, 0.05) is 11.6 Å². The number of pyridine rings is 1. The van der Waals surface area contributed by atoms with Gasteiger partial charge >= 0.3 is 12.1 Å². The normalized spacial score (nSPS) is 10.8. The second-order valence-electron chi connectivity index (χ2n) is 5.47. The van der Waals surface area contributed by atoms with Gasteiger partial charge in [0.15, 0.2) is 24.7 Å². The van der Waals surface area contributed by atoms with Gasteiger partial charge in [0.05, 0.1) is 26.1 Å². The van der Waals surface area contributed by atoms with Crippen LogP contribution in [-0.4, -0.2) is 50.5 Å². The Morgan fingerprint density at radius 3 is 2.41 bits per heavy atom. The van der Waals surface area contributed by atoms with E-state index < -0.39 is 24.7 Å². The van der Waals surface area contributed by atoms with E-state index in [1.165, 1.54) is 44.6 Å². The van der Waals surface area contributed by atoms with Crippen LogP contribution in [0, 0.1) is 0 Å². The number of nitrogens with one attached hydrogen (secondary N) is 1. The maximum atomic E-state index is 12.4. The topological polar surface area (TPSA) is 96.0 Å². The number of rotatable bonds is 8. The molecular weight excluding hydrogens is 397 g/mol. The third-order valence-electron chi connectivity index (χ3n) is 3.38. The van der Waals surface area contributed by atoms with Crippen LogP contribution in [0.1, 0.15) is 10.4 Å². The molecule has 0 fully saturated rings. The number of halogens is 3. The first-order valence-electron chi connectivity index (χ1n) is 8.06. The lowest BCUT2D eigenvalue weighted by molar-refractivity contribution is -0.154. The van der Waals surface area contributed by atoms with Crippen molar-refractivity contribution in [1.29, 1.82) is 0 Å². The van der Waals surface area contributed by atoms with Gasteiger partial charge in [-0.15, -0.1) is 0 Å². The largest absolute Gasteiger partial charge is 0.493 e. The van der Waals surface area contributed by atoms with Crippen LogP contribution in [0.4, 0.5) is 18.9 Å². The number of hydrogen-bond donors (Lipinski definition) is 1. The second-order valence-corrected chi connectivity index (χ2v) is 5.47. The van der Waals surface area contributed by atoms with Gasteiger partial charge in [-0.05, 0) is 24.3 Å². The average Bonchev–Trinajstić information content (AvgIpc) is 2.70. The van der Waals surface area contributed by atoms with Crippen LogP contribution < -0.4 is 19.5 Å². The molecular formula is C18H17F3N2O6. The van der Waals surface area contributed by atoms with Crippen molar-refractivity contribution < 1.29 is 41.7 Å². The summed E-state index contributed by atoms with van der Waals surface area (Å²) >= 11 is 0. The summed E-state index contributed by atoms with van der Waals surface area (Å²) in [5.41, 5.74) is 0.422. The number of hydrogen-bond acceptors (Lipinski definition) is 7. The first-order valence-corrected chi connectivity index (χ1v) is 8.06. The smallest absolute Gasteiger partial charge is 0.422 e. The molecule has 1 amide bonds. The molecule has 8 nitrogen and oxygen atoms in total. The molecule has 0 saturated carbocycles. The molecule has 1 heterocycles. The van der Waals surface area contributed by atoms with E-state index in [1.54, 1.807) is 0 Å². The van der Waals surface area contributed by atoms with Gasteiger partial charge in [0.25, 0.3) is 5.91 Å². The maximum Gasteiger partial charge on any atom is 0.422 e. The summed E-state index contributed by atoms with van der Waals surface area (Å²) in [4.78, 5) is 27.3. The third kappa shape index (κ3) is 6.87. The minimum atomic E-state index is -4.48. The summed E-state index contributed by atoms with van der Waals surface area (Å²) in [5.74, 6) is -0.928. The van der Waals surface area contributed by atoms with E-state index in [1.807, 2.05) is 0 Å². The number of ether oxygens (including phenoxy) is 4. The van der Waals surface area contributed by atoms with Crippen molar-refractivity contribution in [3.63, 3.8) is 0 Å². The zero-order valence-corrected chi connectivity index (χ0v) is 15.4. The van der Waals surface area contributed by atoms with Gasteiger partial charge < -0.3 is 24.3 Å². The molecule has 156 valence electrons. The van der Waals surface area contributed by atoms with Crippen LogP contribution in [0.2, 0.25) is 0 Å². The number of carbonyl (C=O) groups excluding carboxylic acids is 2. The van der Waals surface area contributed by atoms with Gasteiger partial charge in [-0.3, -0.25) is 4.79 Å². The van der Waals surface area contributed by atoms with Crippen molar-refractivity contribution in [1.82, 2.24) is 4.98 Å². The number of alkyl halides is 3. The molecule has 11 heteroatoms. The molecule has 0 atom stereocenters. The fourth-order valence-corrected chi connectivity index (χ4v) is 2.02. The molecule has 0 bridgehead atoms. The van der Waals surface area contributed by atoms with Gasteiger partial charge in [-0.1, -0.05) is 0 Å². The van der Waals surface area contributed by atoms with Crippen LogP contribution in [0.5, 0.6) is 17.4 Å². The number of methoxy groups -OCH3 is 2. The molecule has 0 unspecified atom stereocenters. The van der Waals surface area contributed by atoms with Crippen LogP contribution in [-0.2, 0) is 9.53 Å². The average molecular weight is 414 g/mol. The van der Waals surface area contributed by atoms with Gasteiger partial charge in [0.2, 0.25) is 5.88 Å². The van der Waals surface area contributed by atoms with Gasteiger partial charge in [-0.25, -0.2) is 9.78 Å². The van der Waals surface area contributed by atoms with E-state index in [9.17, 15) is 22.8 Å². The first-order chi connectivity index (χ1) is 13.7. The highest BCUT2D eigenvalue weighted by Crippen LogP contribution is 2.28. The molecule has 1 aromatic carbocycles. The summed E-state index contributed by atoms with van der Waals surface area (Å²) in [5, 5.41) is 2.53. The minimum absolute atomic E-state index is 0.152. The van der Waals surface area contributed by atoms with Crippen molar-refractivity contribution in [3.8, 4) is 17.4 Å². The summed E-state index contributed by atoms with van der Waals surface area (Å²) in [6, 6.07) is 6.85. The quantitative estimate of drug-likeness (QED) is 0.664. The lowest BCUT2D eigenvalue weighted by Gasteiger charge is -2.12. The molecule has 0 aliphatic rings. The number of carbonyl (C=O) groups is 2. The summed E-state index contributed by atoms with van der Waals surface area (Å²) in [6.07, 6.45) is -3.32. The first kappa shape index (κ1) is 21.8. The van der Waals surface area contributed by atoms with Gasteiger partial charge in [0.1, 0.15) is 0 Å². The molecule has 2 aromatic rings. The molecule has 2 rings (SSSR count). The predicted molar refractivity (Wildman–Crippen MR) is 94.2 cm³/mol. The van der Waals surface area contributed by atoms with E-state index in [0.29, 0.717) is 5.75 Å². The molecule has 1 aromatic heterocycles. The summed E-state index contributed by atoms with van der Waals surface area (Å²) < 4.78 is 55.8. The molecule has 0 aliphatic heterocycles. The van der Waals surface area contributed by atoms with Crippen molar-refractivity contribution in [3.05, 3.63) is 42.1 Å². The van der Waals surface area contributed by atoms with E-state index in [4.69, 9.17) is 9.47 Å². The van der Waals surface area contributed by atoms with Crippen molar-refractivity contribution >= 4 is 17.6 Å². The van der Waals surface area contributed by atoms with E-state index >= 15 is 0 Å². The SMILES string of the molecule is COC(=O)COc1cc(C(=O)Nc2ccc(OCC(F)(F)F)nc2)ccc1OC. The Morgan fingerprint density at radius 1 is 1.07 bits per heavy atom. The standard InChI is InChI=1S/C18H17F3N2O6/c1-26-13-5-3-11(7-14(13)28-9-16(24)27-2)17(25)23-12-4-6-15(22-8-12)29-10-18(19,20)21/h3-8H,9-10H2,1-2H3,(H,23,25). The number of nitrogens with zero attached hydrogens (tertiary/aromatic N) is 1. The lowest BCUT2D eigenvalue weighted by atomic mass is 10.2. The minimum Gasteiger partial charge on any atom is -0.493 e. The lowest BCUT2D eigenvalue weighted by Crippen LogP contribution is -2.19. The second kappa shape index (κ2) is 9.62. The predicted octanol–water partition coefficient (Wildman–Crippen LogP) is 2.84. The number of amides is 1. The number of benzene rings is 1. The Bertz CT molecular complexity index is 856. The van der Waals surface area contributed by atoms with Crippen LogP contribution in [0.3, 0.4) is 0 Å². The van der Waals surface area contributed by atoms with Crippen LogP contribution in [0.15, 0.2) is 36.5 Å². The number of anilines is 1. The molecule has 0 saturated heterocycles. The highest BCUT2D eigenvalue weighted by atomic mass is 19.4. The fraction of sp³-hybridized carbons (Fsp3) is 0.278. The maximum absolute atomic E-state index is 12.4.